The molecule has 0 bridgehead atoms. The molecule has 1 aromatic heterocycles. The van der Waals surface area contributed by atoms with Gasteiger partial charge in [0.2, 0.25) is 0 Å². The zero-order chi connectivity index (χ0) is 17.9. The molecule has 3 rings (SSSR count). The topological polar surface area (TPSA) is 61.0 Å². The molecule has 4 nitrogen and oxygen atoms in total. The first-order chi connectivity index (χ1) is 11.2. The highest BCUT2D eigenvalue weighted by Gasteiger charge is 2.35. The number of nitrogens with zero attached hydrogens (tertiary/aromatic N) is 2. The quantitative estimate of drug-likeness (QED) is 0.692. The molecular formula is C18H23ClFN3O. The first kappa shape index (κ1) is 18.6. The lowest BCUT2D eigenvalue weighted by Gasteiger charge is -2.23. The Bertz CT molecular complexity index is 702. The Balaban J connectivity index is 0.000000249. The largest absolute Gasteiger partial charge is 0.491 e. The maximum absolute atomic E-state index is 13.1. The SMILES string of the molecule is Cc1nc2c(F)c-2c1OC[C@@H](C)CC(C)(C)N.Clc1ccccn1. The third kappa shape index (κ3) is 5.14. The minimum absolute atomic E-state index is 0.201. The van der Waals surface area contributed by atoms with Crippen LogP contribution in [0, 0.1) is 18.7 Å². The summed E-state index contributed by atoms with van der Waals surface area (Å²) in [7, 11) is 0. The van der Waals surface area contributed by atoms with Gasteiger partial charge in [-0.1, -0.05) is 24.6 Å². The summed E-state index contributed by atoms with van der Waals surface area (Å²) < 4.78 is 18.7. The summed E-state index contributed by atoms with van der Waals surface area (Å²) in [5, 5.41) is 0.544. The van der Waals surface area contributed by atoms with E-state index in [-0.39, 0.29) is 11.4 Å². The fourth-order valence-electron chi connectivity index (χ4n) is 2.57. The van der Waals surface area contributed by atoms with E-state index in [2.05, 4.69) is 16.9 Å². The first-order valence-corrected chi connectivity index (χ1v) is 8.25. The van der Waals surface area contributed by atoms with Crippen molar-refractivity contribution in [1.29, 1.82) is 0 Å². The second-order valence-corrected chi connectivity index (χ2v) is 7.21. The van der Waals surface area contributed by atoms with Crippen molar-refractivity contribution in [2.24, 2.45) is 11.7 Å². The number of rotatable bonds is 5. The van der Waals surface area contributed by atoms with Crippen LogP contribution < -0.4 is 10.5 Å². The van der Waals surface area contributed by atoms with E-state index >= 15 is 0 Å². The van der Waals surface area contributed by atoms with Gasteiger partial charge in [0.25, 0.3) is 0 Å². The van der Waals surface area contributed by atoms with Gasteiger partial charge in [-0.2, -0.15) is 0 Å². The second-order valence-electron chi connectivity index (χ2n) is 6.83. The van der Waals surface area contributed by atoms with Gasteiger partial charge >= 0.3 is 0 Å². The highest BCUT2D eigenvalue weighted by molar-refractivity contribution is 6.29. The molecule has 1 atom stereocenters. The smallest absolute Gasteiger partial charge is 0.162 e. The number of pyridine rings is 2. The molecule has 0 amide bonds. The van der Waals surface area contributed by atoms with Gasteiger partial charge in [-0.15, -0.1) is 0 Å². The Labute approximate surface area is 147 Å². The molecule has 2 aliphatic rings. The highest BCUT2D eigenvalue weighted by Crippen LogP contribution is 2.48. The number of hydrogen-bond acceptors (Lipinski definition) is 4. The predicted molar refractivity (Wildman–Crippen MR) is 94.7 cm³/mol. The van der Waals surface area contributed by atoms with Crippen LogP contribution in [0.3, 0.4) is 0 Å². The van der Waals surface area contributed by atoms with E-state index in [9.17, 15) is 4.39 Å². The van der Waals surface area contributed by atoms with Crippen molar-refractivity contribution in [2.75, 3.05) is 6.61 Å². The maximum atomic E-state index is 13.1. The van der Waals surface area contributed by atoms with Crippen LogP contribution in [0.2, 0.25) is 5.15 Å². The summed E-state index contributed by atoms with van der Waals surface area (Å²) in [6.07, 6.45) is 2.52. The van der Waals surface area contributed by atoms with Crippen molar-refractivity contribution in [3.63, 3.8) is 0 Å². The number of hydrogen-bond donors (Lipinski definition) is 1. The molecule has 6 heteroatoms. The lowest BCUT2D eigenvalue weighted by Crippen LogP contribution is -2.35. The lowest BCUT2D eigenvalue weighted by molar-refractivity contribution is 0.229. The summed E-state index contributed by atoms with van der Waals surface area (Å²) in [5.74, 6) is 0.735. The molecule has 0 unspecified atom stereocenters. The van der Waals surface area contributed by atoms with Crippen LogP contribution in [0.1, 0.15) is 32.9 Å². The Morgan fingerprint density at radius 3 is 2.54 bits per heavy atom. The molecule has 1 aliphatic carbocycles. The van der Waals surface area contributed by atoms with Gasteiger partial charge in [-0.3, -0.25) is 0 Å². The van der Waals surface area contributed by atoms with Crippen molar-refractivity contribution in [2.45, 2.75) is 39.7 Å². The number of ether oxygens (including phenoxy) is 1. The molecule has 1 aromatic rings. The van der Waals surface area contributed by atoms with E-state index in [0.717, 1.165) is 12.1 Å². The number of aryl methyl sites for hydroxylation is 1. The van der Waals surface area contributed by atoms with E-state index in [0.29, 0.717) is 34.7 Å². The average molecular weight is 352 g/mol. The molecule has 0 spiro atoms. The fourth-order valence-corrected chi connectivity index (χ4v) is 2.70. The molecule has 0 saturated carbocycles. The second kappa shape index (κ2) is 7.45. The first-order valence-electron chi connectivity index (χ1n) is 7.87. The average Bonchev–Trinajstić information content (AvgIpc) is 2.95. The van der Waals surface area contributed by atoms with Crippen LogP contribution in [-0.2, 0) is 0 Å². The van der Waals surface area contributed by atoms with Gasteiger partial charge in [-0.05, 0) is 45.2 Å². The van der Waals surface area contributed by atoms with Crippen molar-refractivity contribution in [3.05, 3.63) is 41.1 Å². The van der Waals surface area contributed by atoms with Crippen LogP contribution >= 0.6 is 11.6 Å². The van der Waals surface area contributed by atoms with Crippen molar-refractivity contribution >= 4 is 11.6 Å². The van der Waals surface area contributed by atoms with Gasteiger partial charge in [-0.25, -0.2) is 14.4 Å². The van der Waals surface area contributed by atoms with Gasteiger partial charge in [0.05, 0.1) is 17.9 Å². The van der Waals surface area contributed by atoms with Gasteiger partial charge in [0.15, 0.2) is 11.6 Å². The van der Waals surface area contributed by atoms with Crippen molar-refractivity contribution in [3.8, 4) is 17.0 Å². The fraction of sp³-hybridized carbons (Fsp3) is 0.444. The predicted octanol–water partition coefficient (Wildman–Crippen LogP) is 4.39. The molecule has 0 fully saturated rings. The Morgan fingerprint density at radius 1 is 1.38 bits per heavy atom. The standard InChI is InChI=1S/C13H19FN2O.C5H4ClN/c1-7(5-13(3,4)15)6-17-12-8(2)16-11-9(12)10(11)14;6-5-3-1-2-4-7-5/h7H,5-6,15H2,1-4H3;1-4H/t7-;/m0./s1. The molecule has 2 heterocycles. The molecule has 0 saturated heterocycles. The van der Waals surface area contributed by atoms with Crippen LogP contribution in [-0.4, -0.2) is 22.1 Å². The Hall–Kier alpha value is -1.72. The summed E-state index contributed by atoms with van der Waals surface area (Å²) in [6.45, 7) is 8.46. The third-order valence-electron chi connectivity index (χ3n) is 3.45. The number of fused-ring (bicyclic) bond motifs is 1. The van der Waals surface area contributed by atoms with E-state index in [1.54, 1.807) is 12.3 Å². The van der Waals surface area contributed by atoms with Crippen LogP contribution in [0.25, 0.3) is 11.3 Å². The normalized spacial score (nSPS) is 13.0. The molecule has 1 aliphatic heterocycles. The van der Waals surface area contributed by atoms with Crippen LogP contribution in [0.4, 0.5) is 4.39 Å². The zero-order valence-corrected chi connectivity index (χ0v) is 15.2. The molecule has 2 N–H and O–H groups in total. The van der Waals surface area contributed by atoms with E-state index in [4.69, 9.17) is 22.1 Å². The summed E-state index contributed by atoms with van der Waals surface area (Å²) in [4.78, 5) is 7.82. The molecule has 130 valence electrons. The minimum atomic E-state index is -0.211. The molecular weight excluding hydrogens is 329 g/mol. The number of nitrogens with two attached hydrogens (primary N) is 1. The van der Waals surface area contributed by atoms with E-state index in [1.807, 2.05) is 32.9 Å². The van der Waals surface area contributed by atoms with Gasteiger partial charge in [0.1, 0.15) is 10.8 Å². The Morgan fingerprint density at radius 2 is 2.08 bits per heavy atom. The van der Waals surface area contributed by atoms with Crippen LogP contribution in [0.15, 0.2) is 24.4 Å². The lowest BCUT2D eigenvalue weighted by atomic mass is 9.93. The van der Waals surface area contributed by atoms with Crippen LogP contribution in [0.5, 0.6) is 5.75 Å². The number of aromatic nitrogens is 2. The Kier molecular flexibility index (Phi) is 5.78. The highest BCUT2D eigenvalue weighted by atomic mass is 35.5. The number of halogens is 2. The minimum Gasteiger partial charge on any atom is -0.491 e. The summed E-state index contributed by atoms with van der Waals surface area (Å²) >= 11 is 5.43. The summed E-state index contributed by atoms with van der Waals surface area (Å²) in [6, 6.07) is 5.41. The van der Waals surface area contributed by atoms with Crippen molar-refractivity contribution in [1.82, 2.24) is 9.97 Å². The third-order valence-corrected chi connectivity index (χ3v) is 3.68. The molecule has 0 aromatic carbocycles. The van der Waals surface area contributed by atoms with E-state index in [1.165, 1.54) is 0 Å². The van der Waals surface area contributed by atoms with Gasteiger partial charge < -0.3 is 10.5 Å². The van der Waals surface area contributed by atoms with E-state index < -0.39 is 0 Å². The zero-order valence-electron chi connectivity index (χ0n) is 14.4. The summed E-state index contributed by atoms with van der Waals surface area (Å²) in [5.41, 5.74) is 7.57. The maximum Gasteiger partial charge on any atom is 0.162 e. The molecule has 24 heavy (non-hydrogen) atoms. The van der Waals surface area contributed by atoms with Crippen molar-refractivity contribution < 1.29 is 9.13 Å². The molecule has 0 radical (unpaired) electrons. The van der Waals surface area contributed by atoms with Gasteiger partial charge in [0, 0.05) is 11.7 Å². The monoisotopic (exact) mass is 351 g/mol.